The molecule has 1 heterocycles. The highest BCUT2D eigenvalue weighted by Crippen LogP contribution is 2.23. The summed E-state index contributed by atoms with van der Waals surface area (Å²) in [7, 11) is 0. The van der Waals surface area contributed by atoms with Crippen molar-refractivity contribution in [2.75, 3.05) is 4.90 Å². The predicted molar refractivity (Wildman–Crippen MR) is 98.3 cm³/mol. The molecule has 1 atom stereocenters. The fourth-order valence-electron chi connectivity index (χ4n) is 2.27. The fourth-order valence-corrected chi connectivity index (χ4v) is 2.72. The predicted octanol–water partition coefficient (Wildman–Crippen LogP) is 3.70. The fraction of sp³-hybridized carbons (Fsp3) is 0.0588. The maximum atomic E-state index is 12.6. The number of halogens is 2. The van der Waals surface area contributed by atoms with Crippen LogP contribution in [0.5, 0.6) is 0 Å². The van der Waals surface area contributed by atoms with Crippen LogP contribution in [0.4, 0.5) is 16.2 Å². The van der Waals surface area contributed by atoms with E-state index in [2.05, 4.69) is 26.2 Å². The molecular formula is C17H11BrClN3O3. The van der Waals surface area contributed by atoms with Crippen LogP contribution in [0.2, 0.25) is 5.02 Å². The van der Waals surface area contributed by atoms with Crippen molar-refractivity contribution in [1.29, 1.82) is 0 Å². The van der Waals surface area contributed by atoms with Gasteiger partial charge < -0.3 is 0 Å². The summed E-state index contributed by atoms with van der Waals surface area (Å²) in [5.41, 5.74) is 0.861. The van der Waals surface area contributed by atoms with Gasteiger partial charge >= 0.3 is 6.03 Å². The van der Waals surface area contributed by atoms with Gasteiger partial charge in [0.1, 0.15) is 0 Å². The molecule has 0 saturated carbocycles. The van der Waals surface area contributed by atoms with Gasteiger partial charge in [0.2, 0.25) is 5.91 Å². The van der Waals surface area contributed by atoms with E-state index < -0.39 is 23.8 Å². The van der Waals surface area contributed by atoms with Crippen molar-refractivity contribution in [3.05, 3.63) is 58.0 Å². The lowest BCUT2D eigenvalue weighted by Crippen LogP contribution is -2.58. The van der Waals surface area contributed by atoms with E-state index in [4.69, 9.17) is 11.6 Å². The number of nitrogens with one attached hydrogen (secondary N) is 1. The number of hydrogen-bond donors (Lipinski definition) is 1. The molecule has 1 fully saturated rings. The van der Waals surface area contributed by atoms with Crippen molar-refractivity contribution in [2.24, 2.45) is 10.9 Å². The number of benzene rings is 2. The van der Waals surface area contributed by atoms with Crippen molar-refractivity contribution in [3.63, 3.8) is 0 Å². The first-order valence-corrected chi connectivity index (χ1v) is 8.37. The summed E-state index contributed by atoms with van der Waals surface area (Å²) < 4.78 is 0.802. The molecule has 0 radical (unpaired) electrons. The third-order valence-corrected chi connectivity index (χ3v) is 4.23. The molecule has 1 aliphatic rings. The van der Waals surface area contributed by atoms with Gasteiger partial charge in [0.25, 0.3) is 5.91 Å². The van der Waals surface area contributed by atoms with Crippen LogP contribution in [0.25, 0.3) is 0 Å². The summed E-state index contributed by atoms with van der Waals surface area (Å²) in [4.78, 5) is 41.8. The number of rotatable bonds is 3. The Morgan fingerprint density at radius 2 is 1.84 bits per heavy atom. The van der Waals surface area contributed by atoms with E-state index in [1.54, 1.807) is 48.5 Å². The van der Waals surface area contributed by atoms with Crippen LogP contribution in [0.15, 0.2) is 58.0 Å². The topological polar surface area (TPSA) is 78.8 Å². The number of hydrogen-bond acceptors (Lipinski definition) is 4. The van der Waals surface area contributed by atoms with Crippen molar-refractivity contribution in [1.82, 2.24) is 5.32 Å². The second kappa shape index (κ2) is 7.16. The van der Waals surface area contributed by atoms with Crippen molar-refractivity contribution in [3.8, 4) is 0 Å². The van der Waals surface area contributed by atoms with Gasteiger partial charge in [-0.15, -0.1) is 0 Å². The quantitative estimate of drug-likeness (QED) is 0.607. The molecule has 1 saturated heterocycles. The number of barbiturate groups is 1. The molecule has 126 valence electrons. The van der Waals surface area contributed by atoms with Gasteiger partial charge in [0.15, 0.2) is 5.92 Å². The maximum absolute atomic E-state index is 12.6. The first kappa shape index (κ1) is 17.3. The van der Waals surface area contributed by atoms with Gasteiger partial charge in [-0.1, -0.05) is 33.6 Å². The van der Waals surface area contributed by atoms with E-state index in [0.29, 0.717) is 16.4 Å². The Kier molecular flexibility index (Phi) is 4.96. The molecular weight excluding hydrogens is 410 g/mol. The van der Waals surface area contributed by atoms with E-state index in [0.717, 1.165) is 9.37 Å². The molecule has 0 bridgehead atoms. The molecule has 0 unspecified atom stereocenters. The third-order valence-electron chi connectivity index (χ3n) is 3.47. The van der Waals surface area contributed by atoms with Gasteiger partial charge in [0, 0.05) is 15.7 Å². The van der Waals surface area contributed by atoms with E-state index in [9.17, 15) is 14.4 Å². The molecule has 0 aromatic heterocycles. The summed E-state index contributed by atoms with van der Waals surface area (Å²) in [6, 6.07) is 12.5. The molecule has 8 heteroatoms. The van der Waals surface area contributed by atoms with Gasteiger partial charge in [-0.25, -0.2) is 9.69 Å². The van der Waals surface area contributed by atoms with Crippen LogP contribution in [0, 0.1) is 5.92 Å². The standard InChI is InChI=1S/C17H11BrClN3O3/c18-10-4-6-13(7-5-10)22-16(24)14(15(23)21-17(22)25)9-20-12-3-1-2-11(19)8-12/h1-9,14H,(H,21,23,25)/t14-/m1/s1. The zero-order chi connectivity index (χ0) is 18.0. The molecule has 6 nitrogen and oxygen atoms in total. The number of imide groups is 2. The summed E-state index contributed by atoms with van der Waals surface area (Å²) in [5.74, 6) is -2.59. The minimum absolute atomic E-state index is 0.361. The number of anilines is 1. The molecule has 4 amide bonds. The lowest BCUT2D eigenvalue weighted by Gasteiger charge is -2.28. The molecule has 2 aromatic carbocycles. The van der Waals surface area contributed by atoms with E-state index in [1.807, 2.05) is 0 Å². The lowest BCUT2D eigenvalue weighted by atomic mass is 10.1. The normalized spacial score (nSPS) is 17.9. The van der Waals surface area contributed by atoms with Gasteiger partial charge in [-0.3, -0.25) is 19.9 Å². The van der Waals surface area contributed by atoms with E-state index >= 15 is 0 Å². The molecule has 0 aliphatic carbocycles. The first-order valence-electron chi connectivity index (χ1n) is 7.20. The SMILES string of the molecule is O=C1NC(=O)N(c2ccc(Br)cc2)C(=O)[C@@H]1C=Nc1cccc(Cl)c1. The summed E-state index contributed by atoms with van der Waals surface area (Å²) >= 11 is 9.17. The van der Waals surface area contributed by atoms with Gasteiger partial charge in [-0.05, 0) is 42.5 Å². The Hall–Kier alpha value is -2.51. The highest BCUT2D eigenvalue weighted by Gasteiger charge is 2.40. The van der Waals surface area contributed by atoms with Crippen LogP contribution in [0.3, 0.4) is 0 Å². The van der Waals surface area contributed by atoms with Crippen molar-refractivity contribution < 1.29 is 14.4 Å². The van der Waals surface area contributed by atoms with Crippen LogP contribution in [-0.4, -0.2) is 24.1 Å². The number of carbonyl (C=O) groups is 3. The van der Waals surface area contributed by atoms with E-state index in [1.165, 1.54) is 6.21 Å². The lowest BCUT2D eigenvalue weighted by molar-refractivity contribution is -0.131. The Balaban J connectivity index is 1.89. The van der Waals surface area contributed by atoms with Crippen LogP contribution in [-0.2, 0) is 9.59 Å². The van der Waals surface area contributed by atoms with Crippen LogP contribution < -0.4 is 10.2 Å². The van der Waals surface area contributed by atoms with Crippen LogP contribution >= 0.6 is 27.5 Å². The van der Waals surface area contributed by atoms with E-state index in [-0.39, 0.29) is 0 Å². The average Bonchev–Trinajstić information content (AvgIpc) is 2.56. The number of urea groups is 1. The van der Waals surface area contributed by atoms with Crippen molar-refractivity contribution in [2.45, 2.75) is 0 Å². The average molecular weight is 421 g/mol. The molecule has 1 N–H and O–H groups in total. The molecule has 25 heavy (non-hydrogen) atoms. The highest BCUT2D eigenvalue weighted by molar-refractivity contribution is 9.10. The van der Waals surface area contributed by atoms with Gasteiger partial charge in [0.05, 0.1) is 11.4 Å². The summed E-state index contributed by atoms with van der Waals surface area (Å²) in [6.07, 6.45) is 1.21. The number of amides is 4. The Morgan fingerprint density at radius 1 is 1.12 bits per heavy atom. The smallest absolute Gasteiger partial charge is 0.276 e. The zero-order valence-electron chi connectivity index (χ0n) is 12.6. The second-order valence-corrected chi connectivity index (χ2v) is 6.53. The summed E-state index contributed by atoms with van der Waals surface area (Å²) in [6.45, 7) is 0. The second-order valence-electron chi connectivity index (χ2n) is 5.18. The zero-order valence-corrected chi connectivity index (χ0v) is 15.0. The first-order chi connectivity index (χ1) is 12.0. The molecule has 0 spiro atoms. The number of nitrogens with zero attached hydrogens (tertiary/aromatic N) is 2. The van der Waals surface area contributed by atoms with Crippen LogP contribution in [0.1, 0.15) is 0 Å². The number of aliphatic imine (C=N–C) groups is 1. The number of carbonyl (C=O) groups excluding carboxylic acids is 3. The minimum atomic E-state index is -1.21. The minimum Gasteiger partial charge on any atom is -0.276 e. The largest absolute Gasteiger partial charge is 0.335 e. The van der Waals surface area contributed by atoms with Gasteiger partial charge in [-0.2, -0.15) is 0 Å². The summed E-state index contributed by atoms with van der Waals surface area (Å²) in [5, 5.41) is 2.66. The molecule has 3 rings (SSSR count). The Labute approximate surface area is 156 Å². The third kappa shape index (κ3) is 3.78. The highest BCUT2D eigenvalue weighted by atomic mass is 79.9. The Bertz CT molecular complexity index is 883. The monoisotopic (exact) mass is 419 g/mol. The maximum Gasteiger partial charge on any atom is 0.335 e. The molecule has 2 aromatic rings. The Morgan fingerprint density at radius 3 is 2.52 bits per heavy atom. The molecule has 1 aliphatic heterocycles. The van der Waals surface area contributed by atoms with Crippen molar-refractivity contribution >= 4 is 63.0 Å².